The van der Waals surface area contributed by atoms with Gasteiger partial charge in [-0.2, -0.15) is 0 Å². The predicted molar refractivity (Wildman–Crippen MR) is 97.9 cm³/mol. The summed E-state index contributed by atoms with van der Waals surface area (Å²) in [6.45, 7) is 5.44. The molecular weight excluding hydrogens is 341 g/mol. The Kier molecular flexibility index (Phi) is 6.13. The zero-order valence-electron chi connectivity index (χ0n) is 15.0. The minimum Gasteiger partial charge on any atom is -0.360 e. The quantitative estimate of drug-likeness (QED) is 0.817. The van der Waals surface area contributed by atoms with Gasteiger partial charge in [-0.15, -0.1) is 0 Å². The molecule has 0 spiro atoms. The van der Waals surface area contributed by atoms with Gasteiger partial charge in [-0.1, -0.05) is 12.1 Å². The van der Waals surface area contributed by atoms with Gasteiger partial charge in [0.25, 0.3) is 0 Å². The van der Waals surface area contributed by atoms with Crippen LogP contribution in [0.3, 0.4) is 0 Å². The third-order valence-corrected chi connectivity index (χ3v) is 5.27. The highest BCUT2D eigenvalue weighted by Gasteiger charge is 2.15. The summed E-state index contributed by atoms with van der Waals surface area (Å²) in [4.78, 5) is 6.18. The lowest BCUT2D eigenvalue weighted by atomic mass is 10.1. The average molecular weight is 365 g/mol. The first-order chi connectivity index (χ1) is 11.7. The Hall–Kier alpha value is -1.99. The van der Waals surface area contributed by atoms with Crippen molar-refractivity contribution in [2.45, 2.75) is 31.3 Å². The highest BCUT2D eigenvalue weighted by Crippen LogP contribution is 2.20. The molecule has 0 aliphatic rings. The molecule has 1 heterocycles. The highest BCUT2D eigenvalue weighted by molar-refractivity contribution is 7.90. The van der Waals surface area contributed by atoms with Gasteiger partial charge >= 0.3 is 0 Å². The topological polar surface area (TPSA) is 62.3 Å². The average Bonchev–Trinajstić information content (AvgIpc) is 2.58. The number of rotatable bonds is 7. The van der Waals surface area contributed by atoms with Gasteiger partial charge in [-0.3, -0.25) is 0 Å². The number of hydrogen-bond donors (Lipinski definition) is 1. The number of benzene rings is 1. The van der Waals surface area contributed by atoms with Gasteiger partial charge in [0, 0.05) is 38.6 Å². The molecule has 0 radical (unpaired) electrons. The first-order valence-electron chi connectivity index (χ1n) is 8.11. The van der Waals surface area contributed by atoms with Crippen molar-refractivity contribution in [2.75, 3.05) is 24.7 Å². The Bertz CT molecular complexity index is 823. The number of halogens is 1. The van der Waals surface area contributed by atoms with Crippen molar-refractivity contribution in [3.8, 4) is 0 Å². The molecule has 25 heavy (non-hydrogen) atoms. The maximum Gasteiger partial charge on any atom is 0.178 e. The normalized spacial score (nSPS) is 12.8. The molecule has 1 aromatic heterocycles. The fourth-order valence-corrected chi connectivity index (χ4v) is 3.11. The monoisotopic (exact) mass is 365 g/mol. The number of anilines is 1. The second kappa shape index (κ2) is 7.93. The lowest BCUT2D eigenvalue weighted by molar-refractivity contribution is 0.550. The van der Waals surface area contributed by atoms with E-state index in [0.29, 0.717) is 12.1 Å². The summed E-state index contributed by atoms with van der Waals surface area (Å²) >= 11 is 0. The molecule has 7 heteroatoms. The molecular formula is C18H24FN3O2S. The van der Waals surface area contributed by atoms with E-state index in [1.54, 1.807) is 6.07 Å². The number of nitrogens with zero attached hydrogens (tertiary/aromatic N) is 2. The summed E-state index contributed by atoms with van der Waals surface area (Å²) in [6, 6.07) is 8.06. The maximum absolute atomic E-state index is 14.0. The lowest BCUT2D eigenvalue weighted by Crippen LogP contribution is -2.19. The molecule has 136 valence electrons. The van der Waals surface area contributed by atoms with Crippen LogP contribution in [0.1, 0.15) is 31.0 Å². The minimum absolute atomic E-state index is 0.124. The van der Waals surface area contributed by atoms with E-state index in [-0.39, 0.29) is 10.9 Å². The molecule has 0 saturated carbocycles. The van der Waals surface area contributed by atoms with Crippen molar-refractivity contribution < 1.29 is 12.8 Å². The first-order valence-corrected chi connectivity index (χ1v) is 10.0. The molecule has 0 aliphatic heterocycles. The molecule has 2 aromatic rings. The van der Waals surface area contributed by atoms with Gasteiger partial charge in [0.2, 0.25) is 0 Å². The number of nitrogens with one attached hydrogen (secondary N) is 1. The summed E-state index contributed by atoms with van der Waals surface area (Å²) in [5, 5.41) is 3.29. The van der Waals surface area contributed by atoms with Crippen molar-refractivity contribution in [2.24, 2.45) is 0 Å². The van der Waals surface area contributed by atoms with Crippen LogP contribution >= 0.6 is 0 Å². The van der Waals surface area contributed by atoms with Gasteiger partial charge in [-0.25, -0.2) is 17.8 Å². The molecule has 0 fully saturated rings. The van der Waals surface area contributed by atoms with E-state index in [2.05, 4.69) is 17.2 Å². The van der Waals surface area contributed by atoms with Gasteiger partial charge in [-0.05, 0) is 43.2 Å². The fraction of sp³-hybridized carbons (Fsp3) is 0.389. The summed E-state index contributed by atoms with van der Waals surface area (Å²) in [7, 11) is -1.57. The molecule has 1 unspecified atom stereocenters. The predicted octanol–water partition coefficient (Wildman–Crippen LogP) is 2.93. The Morgan fingerprint density at radius 1 is 1.28 bits per heavy atom. The van der Waals surface area contributed by atoms with E-state index < -0.39 is 15.7 Å². The number of sulfone groups is 1. The zero-order chi connectivity index (χ0) is 18.6. The summed E-state index contributed by atoms with van der Waals surface area (Å²) < 4.78 is 37.0. The SMILES string of the molecule is CCN(C)c1ccc(CNC(C)c2ccc(S(C)(=O)=O)c(F)c2)cn1. The zero-order valence-corrected chi connectivity index (χ0v) is 15.8. The van der Waals surface area contributed by atoms with Crippen LogP contribution in [0, 0.1) is 5.82 Å². The molecule has 5 nitrogen and oxygen atoms in total. The van der Waals surface area contributed by atoms with Crippen LogP contribution in [-0.4, -0.2) is 33.2 Å². The molecule has 1 atom stereocenters. The maximum atomic E-state index is 14.0. The third kappa shape index (κ3) is 4.99. The highest BCUT2D eigenvalue weighted by atomic mass is 32.2. The molecule has 1 N–H and O–H groups in total. The molecule has 1 aromatic carbocycles. The lowest BCUT2D eigenvalue weighted by Gasteiger charge is -2.17. The Morgan fingerprint density at radius 2 is 2.00 bits per heavy atom. The summed E-state index contributed by atoms with van der Waals surface area (Å²) in [5.41, 5.74) is 1.72. The Balaban J connectivity index is 2.03. The Labute approximate surface area is 148 Å². The second-order valence-electron chi connectivity index (χ2n) is 6.10. The van der Waals surface area contributed by atoms with E-state index >= 15 is 0 Å². The Morgan fingerprint density at radius 3 is 2.52 bits per heavy atom. The van der Waals surface area contributed by atoms with Crippen LogP contribution in [-0.2, 0) is 16.4 Å². The van der Waals surface area contributed by atoms with E-state index in [4.69, 9.17) is 0 Å². The number of aromatic nitrogens is 1. The molecule has 0 amide bonds. The van der Waals surface area contributed by atoms with Crippen molar-refractivity contribution in [1.29, 1.82) is 0 Å². The van der Waals surface area contributed by atoms with Crippen LogP contribution in [0.2, 0.25) is 0 Å². The fourth-order valence-electron chi connectivity index (χ4n) is 2.38. The van der Waals surface area contributed by atoms with Crippen molar-refractivity contribution in [1.82, 2.24) is 10.3 Å². The molecule has 0 bridgehead atoms. The van der Waals surface area contributed by atoms with Crippen LogP contribution in [0.5, 0.6) is 0 Å². The van der Waals surface area contributed by atoms with Crippen molar-refractivity contribution in [3.63, 3.8) is 0 Å². The van der Waals surface area contributed by atoms with Gasteiger partial charge < -0.3 is 10.2 Å². The van der Waals surface area contributed by atoms with Gasteiger partial charge in [0.1, 0.15) is 16.5 Å². The van der Waals surface area contributed by atoms with Crippen LogP contribution < -0.4 is 10.2 Å². The standard InChI is InChI=1S/C18H24FN3O2S/c1-5-22(3)18-9-6-14(12-21-18)11-20-13(2)15-7-8-17(16(19)10-15)25(4,23)24/h6-10,12-13,20H,5,11H2,1-4H3. The number of pyridine rings is 1. The molecule has 0 saturated heterocycles. The van der Waals surface area contributed by atoms with E-state index in [0.717, 1.165) is 24.2 Å². The number of hydrogen-bond acceptors (Lipinski definition) is 5. The van der Waals surface area contributed by atoms with Gasteiger partial charge in [0.05, 0.1) is 0 Å². The van der Waals surface area contributed by atoms with Crippen LogP contribution in [0.4, 0.5) is 10.2 Å². The third-order valence-electron chi connectivity index (χ3n) is 4.14. The minimum atomic E-state index is -3.55. The first kappa shape index (κ1) is 19.3. The van der Waals surface area contributed by atoms with Crippen LogP contribution in [0.15, 0.2) is 41.4 Å². The van der Waals surface area contributed by atoms with E-state index in [1.807, 2.05) is 37.2 Å². The van der Waals surface area contributed by atoms with E-state index in [1.165, 1.54) is 12.1 Å². The summed E-state index contributed by atoms with van der Waals surface area (Å²) in [5.74, 6) is 0.194. The van der Waals surface area contributed by atoms with E-state index in [9.17, 15) is 12.8 Å². The summed E-state index contributed by atoms with van der Waals surface area (Å²) in [6.07, 6.45) is 2.81. The largest absolute Gasteiger partial charge is 0.360 e. The van der Waals surface area contributed by atoms with Crippen molar-refractivity contribution >= 4 is 15.7 Å². The van der Waals surface area contributed by atoms with Crippen LogP contribution in [0.25, 0.3) is 0 Å². The second-order valence-corrected chi connectivity index (χ2v) is 8.09. The van der Waals surface area contributed by atoms with Gasteiger partial charge in [0.15, 0.2) is 9.84 Å². The molecule has 2 rings (SSSR count). The van der Waals surface area contributed by atoms with Crippen molar-refractivity contribution in [3.05, 3.63) is 53.5 Å². The smallest absolute Gasteiger partial charge is 0.178 e. The molecule has 0 aliphatic carbocycles.